The third-order valence-corrected chi connectivity index (χ3v) is 8.92. The fraction of sp³-hybridized carbons (Fsp3) is 0.696. The van der Waals surface area contributed by atoms with E-state index in [0.717, 1.165) is 35.8 Å². The summed E-state index contributed by atoms with van der Waals surface area (Å²) in [6.45, 7) is 15.6. The Bertz CT molecular complexity index is 1070. The standard InChI is InChI=1S/C23H30N4O/c1-10-17-15(8-13-19(17)22(13,4)5)26(24-10)12(3)21(28)27-16-9-14-20(23(14,6)7)18(16)11(2)25-27/h12-14,19-20H,8-9H2,1-7H3. The molecule has 5 atom stereocenters. The quantitative estimate of drug-likeness (QED) is 0.787. The van der Waals surface area contributed by atoms with Crippen LogP contribution in [0.4, 0.5) is 0 Å². The zero-order valence-corrected chi connectivity index (χ0v) is 18.0. The topological polar surface area (TPSA) is 52.7 Å². The van der Waals surface area contributed by atoms with Crippen LogP contribution in [0.5, 0.6) is 0 Å². The molecule has 4 aliphatic rings. The van der Waals surface area contributed by atoms with Crippen LogP contribution in [0, 0.1) is 36.5 Å². The van der Waals surface area contributed by atoms with E-state index in [-0.39, 0.29) is 11.9 Å². The van der Waals surface area contributed by atoms with Crippen molar-refractivity contribution < 1.29 is 4.79 Å². The van der Waals surface area contributed by atoms with E-state index in [1.54, 1.807) is 4.68 Å². The van der Waals surface area contributed by atoms with Crippen LogP contribution in [-0.2, 0) is 12.8 Å². The van der Waals surface area contributed by atoms with Gasteiger partial charge in [0.05, 0.1) is 17.1 Å². The van der Waals surface area contributed by atoms with Gasteiger partial charge in [0.25, 0.3) is 5.91 Å². The minimum absolute atomic E-state index is 0.0635. The zero-order chi connectivity index (χ0) is 19.9. The molecule has 2 saturated carbocycles. The zero-order valence-electron chi connectivity index (χ0n) is 18.0. The molecule has 5 heteroatoms. The molecule has 0 radical (unpaired) electrons. The van der Waals surface area contributed by atoms with Crippen LogP contribution in [0.1, 0.15) is 91.2 Å². The van der Waals surface area contributed by atoms with E-state index < -0.39 is 0 Å². The molecule has 2 heterocycles. The molecule has 0 N–H and O–H groups in total. The summed E-state index contributed by atoms with van der Waals surface area (Å²) in [6.07, 6.45) is 2.04. The second kappa shape index (κ2) is 4.63. The Morgan fingerprint density at radius 3 is 2.04 bits per heavy atom. The van der Waals surface area contributed by atoms with Crippen molar-refractivity contribution in [1.29, 1.82) is 0 Å². The first-order valence-corrected chi connectivity index (χ1v) is 10.8. The average Bonchev–Trinajstić information content (AvgIpc) is 3.11. The fourth-order valence-corrected chi connectivity index (χ4v) is 7.00. The molecule has 5 unspecified atom stereocenters. The van der Waals surface area contributed by atoms with Gasteiger partial charge >= 0.3 is 0 Å². The summed E-state index contributed by atoms with van der Waals surface area (Å²) in [4.78, 5) is 13.5. The monoisotopic (exact) mass is 378 g/mol. The van der Waals surface area contributed by atoms with Crippen molar-refractivity contribution in [3.63, 3.8) is 0 Å². The highest BCUT2D eigenvalue weighted by molar-refractivity contribution is 5.83. The normalized spacial score (nSPS) is 33.1. The maximum absolute atomic E-state index is 13.5. The number of carbonyl (C=O) groups excluding carboxylic acids is 1. The highest BCUT2D eigenvalue weighted by atomic mass is 16.2. The SMILES string of the molecule is Cc1nn(C(=O)C(C)n2nc(C)c3c2CC2C3C2(C)C)c2c1C1C(C2)C1(C)C. The van der Waals surface area contributed by atoms with Gasteiger partial charge in [-0.3, -0.25) is 9.48 Å². The lowest BCUT2D eigenvalue weighted by Gasteiger charge is -2.17. The minimum Gasteiger partial charge on any atom is -0.270 e. The van der Waals surface area contributed by atoms with Crippen molar-refractivity contribution in [3.8, 4) is 0 Å². The van der Waals surface area contributed by atoms with Gasteiger partial charge in [0, 0.05) is 16.8 Å². The van der Waals surface area contributed by atoms with Gasteiger partial charge in [-0.15, -0.1) is 0 Å². The largest absolute Gasteiger partial charge is 0.271 e. The summed E-state index contributed by atoms with van der Waals surface area (Å²) in [5, 5.41) is 9.52. The molecule has 5 nitrogen and oxygen atoms in total. The van der Waals surface area contributed by atoms with E-state index in [9.17, 15) is 4.79 Å². The van der Waals surface area contributed by atoms with Crippen molar-refractivity contribution in [2.75, 3.05) is 0 Å². The molecule has 2 fully saturated rings. The van der Waals surface area contributed by atoms with Gasteiger partial charge in [0.1, 0.15) is 6.04 Å². The molecule has 0 amide bonds. The lowest BCUT2D eigenvalue weighted by molar-refractivity contribution is 0.0819. The van der Waals surface area contributed by atoms with E-state index in [1.165, 1.54) is 16.8 Å². The first kappa shape index (κ1) is 17.0. The molecule has 2 aromatic heterocycles. The van der Waals surface area contributed by atoms with E-state index in [1.807, 2.05) is 11.6 Å². The van der Waals surface area contributed by atoms with Crippen molar-refractivity contribution in [3.05, 3.63) is 33.9 Å². The highest BCUT2D eigenvalue weighted by Gasteiger charge is 2.65. The highest BCUT2D eigenvalue weighted by Crippen LogP contribution is 2.71. The van der Waals surface area contributed by atoms with Crippen LogP contribution < -0.4 is 0 Å². The van der Waals surface area contributed by atoms with Crippen molar-refractivity contribution in [1.82, 2.24) is 19.6 Å². The van der Waals surface area contributed by atoms with Crippen molar-refractivity contribution in [2.24, 2.45) is 22.7 Å². The molecule has 0 spiro atoms. The lowest BCUT2D eigenvalue weighted by Crippen LogP contribution is -2.27. The summed E-state index contributed by atoms with van der Waals surface area (Å²) in [5.41, 5.74) is 8.13. The number of hydrogen-bond acceptors (Lipinski definition) is 3. The van der Waals surface area contributed by atoms with E-state index in [2.05, 4.69) is 41.5 Å². The van der Waals surface area contributed by atoms with Gasteiger partial charge < -0.3 is 0 Å². The Morgan fingerprint density at radius 2 is 1.43 bits per heavy atom. The van der Waals surface area contributed by atoms with E-state index in [0.29, 0.717) is 28.6 Å². The van der Waals surface area contributed by atoms with Gasteiger partial charge in [-0.05, 0) is 68.1 Å². The van der Waals surface area contributed by atoms with Gasteiger partial charge in [0.15, 0.2) is 0 Å². The number of carbonyl (C=O) groups is 1. The molecular weight excluding hydrogens is 348 g/mol. The van der Waals surface area contributed by atoms with Crippen molar-refractivity contribution in [2.45, 2.75) is 79.2 Å². The van der Waals surface area contributed by atoms with Gasteiger partial charge in [-0.1, -0.05) is 27.7 Å². The number of aromatic nitrogens is 4. The molecule has 148 valence electrons. The van der Waals surface area contributed by atoms with E-state index >= 15 is 0 Å². The molecule has 0 aliphatic heterocycles. The summed E-state index contributed by atoms with van der Waals surface area (Å²) in [7, 11) is 0. The summed E-state index contributed by atoms with van der Waals surface area (Å²) in [5.74, 6) is 2.68. The van der Waals surface area contributed by atoms with Crippen LogP contribution in [0.25, 0.3) is 0 Å². The molecule has 2 aromatic rings. The predicted octanol–water partition coefficient (Wildman–Crippen LogP) is 4.19. The number of hydrogen-bond donors (Lipinski definition) is 0. The van der Waals surface area contributed by atoms with Crippen LogP contribution in [0.15, 0.2) is 0 Å². The molecule has 4 aliphatic carbocycles. The van der Waals surface area contributed by atoms with Crippen LogP contribution in [0.3, 0.4) is 0 Å². The van der Waals surface area contributed by atoms with E-state index in [4.69, 9.17) is 10.2 Å². The van der Waals surface area contributed by atoms with Crippen LogP contribution in [-0.4, -0.2) is 25.5 Å². The minimum atomic E-state index is -0.309. The number of nitrogens with zero attached hydrogens (tertiary/aromatic N) is 4. The maximum Gasteiger partial charge on any atom is 0.271 e. The Kier molecular flexibility index (Phi) is 2.81. The second-order valence-electron chi connectivity index (χ2n) is 11.0. The van der Waals surface area contributed by atoms with Crippen LogP contribution >= 0.6 is 0 Å². The lowest BCUT2D eigenvalue weighted by atomic mass is 9.97. The Hall–Kier alpha value is -1.91. The molecule has 0 aromatic carbocycles. The number of rotatable bonds is 2. The van der Waals surface area contributed by atoms with Gasteiger partial charge in [0.2, 0.25) is 0 Å². The molecular formula is C23H30N4O. The third-order valence-electron chi connectivity index (χ3n) is 8.92. The summed E-state index contributed by atoms with van der Waals surface area (Å²) in [6, 6.07) is -0.309. The smallest absolute Gasteiger partial charge is 0.270 e. The molecule has 6 rings (SSSR count). The number of fused-ring (bicyclic) bond motifs is 6. The summed E-state index contributed by atoms with van der Waals surface area (Å²) < 4.78 is 3.73. The second-order valence-corrected chi connectivity index (χ2v) is 11.0. The van der Waals surface area contributed by atoms with Gasteiger partial charge in [-0.25, -0.2) is 4.68 Å². The maximum atomic E-state index is 13.5. The van der Waals surface area contributed by atoms with Gasteiger partial charge in [-0.2, -0.15) is 10.2 Å². The molecule has 0 saturated heterocycles. The third kappa shape index (κ3) is 1.73. The predicted molar refractivity (Wildman–Crippen MR) is 107 cm³/mol. The molecule has 28 heavy (non-hydrogen) atoms. The summed E-state index contributed by atoms with van der Waals surface area (Å²) >= 11 is 0. The fourth-order valence-electron chi connectivity index (χ4n) is 7.00. The van der Waals surface area contributed by atoms with Crippen LogP contribution in [0.2, 0.25) is 0 Å². The van der Waals surface area contributed by atoms with Crippen molar-refractivity contribution >= 4 is 5.91 Å². The first-order valence-electron chi connectivity index (χ1n) is 10.8. The average molecular weight is 379 g/mol. The first-order chi connectivity index (χ1) is 13.1. The Labute approximate surface area is 166 Å². The number of aryl methyl sites for hydroxylation is 2. The Morgan fingerprint density at radius 1 is 0.929 bits per heavy atom. The Balaban J connectivity index is 1.36. The molecule has 0 bridgehead atoms.